The maximum Gasteiger partial charge on any atom is 0.151 e. The number of aromatic nitrogens is 2. The molecule has 0 atom stereocenters. The van der Waals surface area contributed by atoms with Crippen molar-refractivity contribution in [3.8, 4) is 0 Å². The first-order valence-electron chi connectivity index (χ1n) is 5.03. The minimum Gasteiger partial charge on any atom is -0.365 e. The van der Waals surface area contributed by atoms with Crippen LogP contribution in [0.1, 0.15) is 11.1 Å². The van der Waals surface area contributed by atoms with Crippen LogP contribution < -0.4 is 5.32 Å². The van der Waals surface area contributed by atoms with Gasteiger partial charge < -0.3 is 5.32 Å². The van der Waals surface area contributed by atoms with E-state index in [9.17, 15) is 0 Å². The van der Waals surface area contributed by atoms with Crippen molar-refractivity contribution in [2.24, 2.45) is 0 Å². The van der Waals surface area contributed by atoms with Gasteiger partial charge in [-0.3, -0.25) is 0 Å². The summed E-state index contributed by atoms with van der Waals surface area (Å²) in [7, 11) is 0. The molecule has 0 saturated carbocycles. The van der Waals surface area contributed by atoms with Gasteiger partial charge in [-0.2, -0.15) is 0 Å². The molecule has 0 aliphatic rings. The van der Waals surface area contributed by atoms with Gasteiger partial charge in [0.25, 0.3) is 0 Å². The van der Waals surface area contributed by atoms with Crippen LogP contribution in [0.5, 0.6) is 0 Å². The third-order valence-corrected chi connectivity index (χ3v) is 2.43. The molecule has 1 aromatic heterocycles. The molecule has 0 spiro atoms. The van der Waals surface area contributed by atoms with Crippen LogP contribution in [0.2, 0.25) is 5.15 Å². The van der Waals surface area contributed by atoms with E-state index in [1.54, 1.807) is 6.07 Å². The minimum atomic E-state index is 0.404. The molecule has 2 aromatic rings. The normalized spacial score (nSPS) is 10.1. The van der Waals surface area contributed by atoms with Crippen molar-refractivity contribution in [1.82, 2.24) is 10.2 Å². The van der Waals surface area contributed by atoms with E-state index in [1.807, 2.05) is 6.07 Å². The third-order valence-electron chi connectivity index (χ3n) is 2.23. The molecule has 4 heteroatoms. The maximum absolute atomic E-state index is 5.64. The minimum absolute atomic E-state index is 0.404. The van der Waals surface area contributed by atoms with Gasteiger partial charge in [0, 0.05) is 6.54 Å². The lowest BCUT2D eigenvalue weighted by Crippen LogP contribution is -2.01. The van der Waals surface area contributed by atoms with E-state index in [2.05, 4.69) is 46.7 Å². The van der Waals surface area contributed by atoms with Crippen molar-refractivity contribution in [3.63, 3.8) is 0 Å². The second kappa shape index (κ2) is 4.94. The Hall–Kier alpha value is -1.61. The Morgan fingerprint density at radius 2 is 1.81 bits per heavy atom. The van der Waals surface area contributed by atoms with E-state index in [4.69, 9.17) is 11.6 Å². The number of hydrogen-bond acceptors (Lipinski definition) is 3. The van der Waals surface area contributed by atoms with Gasteiger partial charge >= 0.3 is 0 Å². The first-order chi connectivity index (χ1) is 7.74. The standard InChI is InChI=1S/C12H12ClN3/c1-9-2-4-10(5-3-9)8-14-12-7-6-11(13)15-16-12/h2-7H,8H2,1H3,(H,14,16). The van der Waals surface area contributed by atoms with Crippen LogP contribution in [-0.4, -0.2) is 10.2 Å². The zero-order valence-corrected chi connectivity index (χ0v) is 9.70. The highest BCUT2D eigenvalue weighted by Gasteiger charge is 1.96. The molecule has 1 aromatic carbocycles. The monoisotopic (exact) mass is 233 g/mol. The maximum atomic E-state index is 5.64. The number of nitrogens with zero attached hydrogens (tertiary/aromatic N) is 2. The van der Waals surface area contributed by atoms with Crippen LogP contribution in [0.15, 0.2) is 36.4 Å². The summed E-state index contributed by atoms with van der Waals surface area (Å²) in [4.78, 5) is 0. The summed E-state index contributed by atoms with van der Waals surface area (Å²) in [5.74, 6) is 0.727. The molecular weight excluding hydrogens is 222 g/mol. The Morgan fingerprint density at radius 3 is 2.44 bits per heavy atom. The van der Waals surface area contributed by atoms with Crippen molar-refractivity contribution in [1.29, 1.82) is 0 Å². The Balaban J connectivity index is 1.97. The molecule has 1 heterocycles. The molecule has 1 N–H and O–H groups in total. The molecular formula is C12H12ClN3. The van der Waals surface area contributed by atoms with Crippen molar-refractivity contribution in [3.05, 3.63) is 52.7 Å². The topological polar surface area (TPSA) is 37.8 Å². The molecule has 0 saturated heterocycles. The van der Waals surface area contributed by atoms with Gasteiger partial charge in [-0.15, -0.1) is 10.2 Å². The fraction of sp³-hybridized carbons (Fsp3) is 0.167. The molecule has 16 heavy (non-hydrogen) atoms. The van der Waals surface area contributed by atoms with E-state index in [-0.39, 0.29) is 0 Å². The van der Waals surface area contributed by atoms with Gasteiger partial charge in [0.05, 0.1) is 0 Å². The molecule has 0 unspecified atom stereocenters. The molecule has 2 rings (SSSR count). The van der Waals surface area contributed by atoms with Gasteiger partial charge in [-0.25, -0.2) is 0 Å². The highest BCUT2D eigenvalue weighted by molar-refractivity contribution is 6.29. The number of nitrogens with one attached hydrogen (secondary N) is 1. The summed E-state index contributed by atoms with van der Waals surface area (Å²) in [5.41, 5.74) is 2.47. The zero-order chi connectivity index (χ0) is 11.4. The molecule has 0 bridgehead atoms. The van der Waals surface area contributed by atoms with Crippen LogP contribution in [0.4, 0.5) is 5.82 Å². The lowest BCUT2D eigenvalue weighted by atomic mass is 10.1. The average molecular weight is 234 g/mol. The SMILES string of the molecule is Cc1ccc(CNc2ccc(Cl)nn2)cc1. The van der Waals surface area contributed by atoms with Gasteiger partial charge in [0.15, 0.2) is 5.15 Å². The van der Waals surface area contributed by atoms with Gasteiger partial charge in [0.1, 0.15) is 5.82 Å². The first kappa shape index (κ1) is 10.9. The molecule has 0 fully saturated rings. The average Bonchev–Trinajstić information content (AvgIpc) is 2.30. The van der Waals surface area contributed by atoms with E-state index < -0.39 is 0 Å². The van der Waals surface area contributed by atoms with Gasteiger partial charge in [-0.05, 0) is 24.6 Å². The number of anilines is 1. The molecule has 0 amide bonds. The number of rotatable bonds is 3. The van der Waals surface area contributed by atoms with Crippen LogP contribution in [0, 0.1) is 6.92 Å². The van der Waals surface area contributed by atoms with Gasteiger partial charge in [0.2, 0.25) is 0 Å². The van der Waals surface area contributed by atoms with Crippen molar-refractivity contribution in [2.75, 3.05) is 5.32 Å². The smallest absolute Gasteiger partial charge is 0.151 e. The van der Waals surface area contributed by atoms with Crippen molar-refractivity contribution >= 4 is 17.4 Å². The fourth-order valence-electron chi connectivity index (χ4n) is 1.31. The molecule has 0 aliphatic heterocycles. The highest BCUT2D eigenvalue weighted by Crippen LogP contribution is 2.08. The predicted octanol–water partition coefficient (Wildman–Crippen LogP) is 3.05. The zero-order valence-electron chi connectivity index (χ0n) is 8.94. The second-order valence-corrected chi connectivity index (χ2v) is 3.97. The third kappa shape index (κ3) is 2.94. The second-order valence-electron chi connectivity index (χ2n) is 3.58. The summed E-state index contributed by atoms with van der Waals surface area (Å²) in [5, 5.41) is 11.3. The number of halogens is 1. The van der Waals surface area contributed by atoms with Crippen molar-refractivity contribution in [2.45, 2.75) is 13.5 Å². The highest BCUT2D eigenvalue weighted by atomic mass is 35.5. The lowest BCUT2D eigenvalue weighted by Gasteiger charge is -2.05. The van der Waals surface area contributed by atoms with Crippen molar-refractivity contribution < 1.29 is 0 Å². The summed E-state index contributed by atoms with van der Waals surface area (Å²) >= 11 is 5.64. The summed E-state index contributed by atoms with van der Waals surface area (Å²) < 4.78 is 0. The van der Waals surface area contributed by atoms with E-state index in [0.717, 1.165) is 12.4 Å². The molecule has 0 radical (unpaired) electrons. The van der Waals surface area contributed by atoms with Crippen LogP contribution in [-0.2, 0) is 6.54 Å². The summed E-state index contributed by atoms with van der Waals surface area (Å²) in [6.07, 6.45) is 0. The Kier molecular flexibility index (Phi) is 3.37. The largest absolute Gasteiger partial charge is 0.365 e. The predicted molar refractivity (Wildman–Crippen MR) is 65.5 cm³/mol. The van der Waals surface area contributed by atoms with Crippen LogP contribution >= 0.6 is 11.6 Å². The Bertz CT molecular complexity index is 405. The summed E-state index contributed by atoms with van der Waals surface area (Å²) in [6.45, 7) is 2.80. The van der Waals surface area contributed by atoms with Gasteiger partial charge in [-0.1, -0.05) is 41.4 Å². The summed E-state index contributed by atoms with van der Waals surface area (Å²) in [6, 6.07) is 11.9. The number of aryl methyl sites for hydroxylation is 1. The van der Waals surface area contributed by atoms with E-state index >= 15 is 0 Å². The number of hydrogen-bond donors (Lipinski definition) is 1. The first-order valence-corrected chi connectivity index (χ1v) is 5.40. The van der Waals surface area contributed by atoms with Crippen LogP contribution in [0.25, 0.3) is 0 Å². The fourth-order valence-corrected chi connectivity index (χ4v) is 1.41. The molecule has 3 nitrogen and oxygen atoms in total. The van der Waals surface area contributed by atoms with Crippen LogP contribution in [0.3, 0.4) is 0 Å². The van der Waals surface area contributed by atoms with E-state index in [1.165, 1.54) is 11.1 Å². The molecule has 82 valence electrons. The quantitative estimate of drug-likeness (QED) is 0.886. The number of benzene rings is 1. The Morgan fingerprint density at radius 1 is 1.06 bits per heavy atom. The Labute approximate surface area is 99.5 Å². The van der Waals surface area contributed by atoms with E-state index in [0.29, 0.717) is 5.15 Å². The molecule has 0 aliphatic carbocycles. The lowest BCUT2D eigenvalue weighted by molar-refractivity contribution is 1.00.